The lowest BCUT2D eigenvalue weighted by Gasteiger charge is -2.08. The molecule has 1 heterocycles. The van der Waals surface area contributed by atoms with E-state index in [1.807, 2.05) is 0 Å². The number of rotatable bonds is 5. The first-order chi connectivity index (χ1) is 13.0. The Morgan fingerprint density at radius 2 is 1.67 bits per heavy atom. The van der Waals surface area contributed by atoms with Crippen LogP contribution in [0.15, 0.2) is 66.9 Å². The van der Waals surface area contributed by atoms with Crippen LogP contribution in [-0.4, -0.2) is 21.6 Å². The van der Waals surface area contributed by atoms with Crippen molar-refractivity contribution in [2.45, 2.75) is 0 Å². The summed E-state index contributed by atoms with van der Waals surface area (Å²) >= 11 is 5.68. The van der Waals surface area contributed by atoms with E-state index in [1.165, 1.54) is 30.5 Å². The van der Waals surface area contributed by atoms with Crippen molar-refractivity contribution in [3.8, 4) is 0 Å². The van der Waals surface area contributed by atoms with Crippen molar-refractivity contribution in [3.63, 3.8) is 0 Å². The molecule has 0 aliphatic rings. The second-order valence-corrected chi connectivity index (χ2v) is 5.90. The van der Waals surface area contributed by atoms with Gasteiger partial charge >= 0.3 is 0 Å². The maximum atomic E-state index is 12.5. The van der Waals surface area contributed by atoms with E-state index in [2.05, 4.69) is 10.3 Å². The first-order valence-corrected chi connectivity index (χ1v) is 8.14. The van der Waals surface area contributed by atoms with Gasteiger partial charge in [0.15, 0.2) is 5.78 Å². The van der Waals surface area contributed by atoms with Gasteiger partial charge in [0.25, 0.3) is 11.6 Å². The molecule has 3 aromatic rings. The van der Waals surface area contributed by atoms with E-state index in [-0.39, 0.29) is 33.4 Å². The molecule has 1 amide bonds. The Kier molecular flexibility index (Phi) is 5.23. The smallest absolute Gasteiger partial charge is 0.293 e. The number of hydrogen-bond donors (Lipinski definition) is 1. The number of nitrogens with one attached hydrogen (secondary N) is 1. The second kappa shape index (κ2) is 7.76. The monoisotopic (exact) mass is 381 g/mol. The van der Waals surface area contributed by atoms with E-state index in [0.717, 1.165) is 6.07 Å². The van der Waals surface area contributed by atoms with Gasteiger partial charge in [0.05, 0.1) is 10.5 Å². The number of pyridine rings is 1. The van der Waals surface area contributed by atoms with Gasteiger partial charge in [0.2, 0.25) is 0 Å². The number of amides is 1. The number of halogens is 1. The predicted octanol–water partition coefficient (Wildman–Crippen LogP) is 4.13. The number of carbonyl (C=O) groups excluding carboxylic acids is 2. The molecule has 0 unspecified atom stereocenters. The Bertz CT molecular complexity index is 1020. The van der Waals surface area contributed by atoms with E-state index in [1.54, 1.807) is 30.3 Å². The highest BCUT2D eigenvalue weighted by molar-refractivity contribution is 6.29. The first-order valence-electron chi connectivity index (χ1n) is 7.77. The van der Waals surface area contributed by atoms with Gasteiger partial charge in [-0.1, -0.05) is 41.9 Å². The molecule has 0 aliphatic heterocycles. The Balaban J connectivity index is 1.90. The predicted molar refractivity (Wildman–Crippen MR) is 100 cm³/mol. The second-order valence-electron chi connectivity index (χ2n) is 5.51. The number of nitrogens with zero attached hydrogens (tertiary/aromatic N) is 2. The molecule has 0 spiro atoms. The number of hydrogen-bond acceptors (Lipinski definition) is 5. The molecule has 8 heteroatoms. The van der Waals surface area contributed by atoms with Gasteiger partial charge in [-0.2, -0.15) is 0 Å². The lowest BCUT2D eigenvalue weighted by molar-refractivity contribution is -0.383. The molecule has 0 saturated heterocycles. The van der Waals surface area contributed by atoms with E-state index in [4.69, 9.17) is 11.6 Å². The minimum atomic E-state index is -0.655. The fraction of sp³-hybridized carbons (Fsp3) is 0. The number of ketones is 1. The molecule has 134 valence electrons. The highest BCUT2D eigenvalue weighted by Gasteiger charge is 2.20. The topological polar surface area (TPSA) is 102 Å². The molecule has 0 bridgehead atoms. The van der Waals surface area contributed by atoms with E-state index >= 15 is 0 Å². The number of aromatic nitrogens is 1. The summed E-state index contributed by atoms with van der Waals surface area (Å²) in [5.74, 6) is -0.928. The van der Waals surface area contributed by atoms with Gasteiger partial charge in [0.1, 0.15) is 10.8 Å². The maximum Gasteiger partial charge on any atom is 0.293 e. The molecule has 0 radical (unpaired) electrons. The summed E-state index contributed by atoms with van der Waals surface area (Å²) in [4.78, 5) is 39.3. The summed E-state index contributed by atoms with van der Waals surface area (Å²) in [6.45, 7) is 0. The lowest BCUT2D eigenvalue weighted by Crippen LogP contribution is -2.14. The van der Waals surface area contributed by atoms with Crippen molar-refractivity contribution >= 4 is 34.7 Å². The summed E-state index contributed by atoms with van der Waals surface area (Å²) in [6, 6.07) is 15.2. The molecule has 0 fully saturated rings. The van der Waals surface area contributed by atoms with E-state index < -0.39 is 10.8 Å². The van der Waals surface area contributed by atoms with Crippen molar-refractivity contribution in [1.82, 2.24) is 4.98 Å². The normalized spacial score (nSPS) is 10.3. The van der Waals surface area contributed by atoms with Gasteiger partial charge in [0, 0.05) is 23.4 Å². The van der Waals surface area contributed by atoms with Crippen LogP contribution in [0.2, 0.25) is 5.15 Å². The minimum Gasteiger partial charge on any atom is -0.316 e. The van der Waals surface area contributed by atoms with Crippen LogP contribution >= 0.6 is 11.6 Å². The molecule has 0 saturated carbocycles. The van der Waals surface area contributed by atoms with Crippen molar-refractivity contribution in [3.05, 3.63) is 98.8 Å². The van der Waals surface area contributed by atoms with Crippen molar-refractivity contribution < 1.29 is 14.5 Å². The molecule has 0 aliphatic carbocycles. The van der Waals surface area contributed by atoms with Crippen molar-refractivity contribution in [1.29, 1.82) is 0 Å². The molecule has 1 N–H and O–H groups in total. The quantitative estimate of drug-likeness (QED) is 0.310. The molecule has 7 nitrogen and oxygen atoms in total. The van der Waals surface area contributed by atoms with Crippen LogP contribution in [0.3, 0.4) is 0 Å². The Hall–Kier alpha value is -3.58. The van der Waals surface area contributed by atoms with Crippen molar-refractivity contribution in [2.24, 2.45) is 0 Å². The van der Waals surface area contributed by atoms with Crippen LogP contribution in [0.5, 0.6) is 0 Å². The van der Waals surface area contributed by atoms with Gasteiger partial charge in [-0.15, -0.1) is 0 Å². The molecule has 2 aromatic carbocycles. The zero-order valence-electron chi connectivity index (χ0n) is 13.8. The van der Waals surface area contributed by atoms with Crippen LogP contribution in [0.4, 0.5) is 11.4 Å². The van der Waals surface area contributed by atoms with Crippen LogP contribution in [-0.2, 0) is 0 Å². The maximum absolute atomic E-state index is 12.5. The third kappa shape index (κ3) is 4.16. The third-order valence-electron chi connectivity index (χ3n) is 3.73. The molecule has 3 rings (SSSR count). The summed E-state index contributed by atoms with van der Waals surface area (Å²) in [5.41, 5.74) is 0.352. The number of benzene rings is 2. The van der Waals surface area contributed by atoms with Crippen LogP contribution < -0.4 is 5.32 Å². The number of carbonyl (C=O) groups is 2. The van der Waals surface area contributed by atoms with Crippen LogP contribution in [0.1, 0.15) is 26.3 Å². The van der Waals surface area contributed by atoms with Crippen LogP contribution in [0.25, 0.3) is 0 Å². The minimum absolute atomic E-state index is 0.0236. The molecule has 27 heavy (non-hydrogen) atoms. The van der Waals surface area contributed by atoms with Gasteiger partial charge < -0.3 is 5.32 Å². The molecule has 0 atom stereocenters. The fourth-order valence-corrected chi connectivity index (χ4v) is 2.50. The van der Waals surface area contributed by atoms with Gasteiger partial charge in [-0.25, -0.2) is 4.98 Å². The molecular weight excluding hydrogens is 370 g/mol. The van der Waals surface area contributed by atoms with Crippen LogP contribution in [0, 0.1) is 10.1 Å². The SMILES string of the molecule is O=C(Nc1ccc(C(=O)c2ccccc2)cc1[N+](=O)[O-])c1ccc(Cl)nc1. The third-order valence-corrected chi connectivity index (χ3v) is 3.95. The lowest BCUT2D eigenvalue weighted by atomic mass is 10.0. The Labute approximate surface area is 158 Å². The van der Waals surface area contributed by atoms with E-state index in [0.29, 0.717) is 5.56 Å². The fourth-order valence-electron chi connectivity index (χ4n) is 2.39. The highest BCUT2D eigenvalue weighted by atomic mass is 35.5. The van der Waals surface area contributed by atoms with E-state index in [9.17, 15) is 19.7 Å². The largest absolute Gasteiger partial charge is 0.316 e. The Morgan fingerprint density at radius 1 is 0.963 bits per heavy atom. The zero-order chi connectivity index (χ0) is 19.4. The number of nitro benzene ring substituents is 1. The summed E-state index contributed by atoms with van der Waals surface area (Å²) in [6.07, 6.45) is 1.26. The highest BCUT2D eigenvalue weighted by Crippen LogP contribution is 2.27. The molecular formula is C19H12ClN3O4. The van der Waals surface area contributed by atoms with Crippen molar-refractivity contribution in [2.75, 3.05) is 5.32 Å². The number of anilines is 1. The standard InChI is InChI=1S/C19H12ClN3O4/c20-17-9-7-14(11-21-17)19(25)22-15-8-6-13(10-16(15)23(26)27)18(24)12-4-2-1-3-5-12/h1-11H,(H,22,25). The Morgan fingerprint density at radius 3 is 2.30 bits per heavy atom. The average molecular weight is 382 g/mol. The summed E-state index contributed by atoms with van der Waals surface area (Å²) in [7, 11) is 0. The van der Waals surface area contributed by atoms with Gasteiger partial charge in [-0.3, -0.25) is 19.7 Å². The summed E-state index contributed by atoms with van der Waals surface area (Å²) in [5, 5.41) is 14.1. The molecule has 1 aromatic heterocycles. The first kappa shape index (κ1) is 18.2. The summed E-state index contributed by atoms with van der Waals surface area (Å²) < 4.78 is 0. The zero-order valence-corrected chi connectivity index (χ0v) is 14.5. The number of nitro groups is 1. The average Bonchev–Trinajstić information content (AvgIpc) is 2.68. The van der Waals surface area contributed by atoms with Gasteiger partial charge in [-0.05, 0) is 24.3 Å².